The van der Waals surface area contributed by atoms with E-state index in [1.807, 2.05) is 30.3 Å². The van der Waals surface area contributed by atoms with Gasteiger partial charge in [-0.2, -0.15) is 0 Å². The lowest BCUT2D eigenvalue weighted by Gasteiger charge is -2.06. The zero-order chi connectivity index (χ0) is 11.6. The Bertz CT molecular complexity index is 315. The van der Waals surface area contributed by atoms with Gasteiger partial charge in [-0.05, 0) is 18.1 Å². The summed E-state index contributed by atoms with van der Waals surface area (Å²) in [5, 5.41) is 4.09. The van der Waals surface area contributed by atoms with Crippen molar-refractivity contribution in [1.82, 2.24) is 5.32 Å². The van der Waals surface area contributed by atoms with Gasteiger partial charge in [-0.15, -0.1) is 6.58 Å². The largest absolute Gasteiger partial charge is 0.380 e. The molecule has 1 aromatic rings. The maximum atomic E-state index is 6.02. The molecule has 0 heterocycles. The maximum Gasteiger partial charge on any atom is 0.0591 e. The molecule has 0 aliphatic carbocycles. The molecule has 2 nitrogen and oxygen atoms in total. The molecule has 1 N–H and O–H groups in total. The summed E-state index contributed by atoms with van der Waals surface area (Å²) in [5.74, 6) is 0. The van der Waals surface area contributed by atoms with Crippen molar-refractivity contribution in [3.05, 3.63) is 47.5 Å². The molecule has 0 aromatic heterocycles. The summed E-state index contributed by atoms with van der Waals surface area (Å²) < 4.78 is 5.38. The highest BCUT2D eigenvalue weighted by Crippen LogP contribution is 2.13. The number of rotatable bonds is 8. The monoisotopic (exact) mass is 239 g/mol. The Morgan fingerprint density at radius 1 is 1.31 bits per heavy atom. The molecule has 0 unspecified atom stereocenters. The third-order valence-electron chi connectivity index (χ3n) is 2.16. The predicted molar refractivity (Wildman–Crippen MR) is 68.8 cm³/mol. The Morgan fingerprint density at radius 3 is 2.88 bits per heavy atom. The fraction of sp³-hybridized carbons (Fsp3) is 0.385. The lowest BCUT2D eigenvalue weighted by molar-refractivity contribution is 0.140. The zero-order valence-corrected chi connectivity index (χ0v) is 10.2. The third kappa shape index (κ3) is 5.31. The summed E-state index contributed by atoms with van der Waals surface area (Å²) in [6.45, 7) is 6.72. The van der Waals surface area contributed by atoms with Gasteiger partial charge in [0.15, 0.2) is 0 Å². The van der Waals surface area contributed by atoms with Crippen LogP contribution in [0.4, 0.5) is 0 Å². The van der Waals surface area contributed by atoms with Crippen LogP contribution < -0.4 is 5.32 Å². The second-order valence-electron chi connectivity index (χ2n) is 3.46. The Kier molecular flexibility index (Phi) is 6.90. The second-order valence-corrected chi connectivity index (χ2v) is 3.87. The van der Waals surface area contributed by atoms with E-state index in [0.29, 0.717) is 0 Å². The molecule has 0 aliphatic rings. The normalized spacial score (nSPS) is 10.3. The molecule has 0 saturated heterocycles. The summed E-state index contributed by atoms with van der Waals surface area (Å²) in [6.07, 6.45) is 2.77. The van der Waals surface area contributed by atoms with E-state index in [2.05, 4.69) is 11.9 Å². The fourth-order valence-electron chi connectivity index (χ4n) is 1.28. The topological polar surface area (TPSA) is 21.3 Å². The molecule has 88 valence electrons. The molecule has 0 aliphatic heterocycles. The fourth-order valence-corrected chi connectivity index (χ4v) is 1.48. The molecular weight excluding hydrogens is 222 g/mol. The molecule has 16 heavy (non-hydrogen) atoms. The third-order valence-corrected chi connectivity index (χ3v) is 2.53. The number of hydrogen-bond donors (Lipinski definition) is 1. The van der Waals surface area contributed by atoms with Crippen LogP contribution in [0.2, 0.25) is 5.02 Å². The Labute approximate surface area is 102 Å². The van der Waals surface area contributed by atoms with E-state index in [0.717, 1.165) is 43.3 Å². The van der Waals surface area contributed by atoms with Crippen molar-refractivity contribution >= 4 is 11.6 Å². The average molecular weight is 240 g/mol. The van der Waals surface area contributed by atoms with Crippen LogP contribution in [0.1, 0.15) is 12.0 Å². The van der Waals surface area contributed by atoms with Crippen LogP contribution in [0.3, 0.4) is 0 Å². The summed E-state index contributed by atoms with van der Waals surface area (Å²) in [6, 6.07) is 7.85. The van der Waals surface area contributed by atoms with Gasteiger partial charge in [0.2, 0.25) is 0 Å². The molecule has 0 fully saturated rings. The minimum absolute atomic E-state index is 0.721. The van der Waals surface area contributed by atoms with Gasteiger partial charge in [0.25, 0.3) is 0 Å². The van der Waals surface area contributed by atoms with Crippen molar-refractivity contribution < 1.29 is 4.74 Å². The minimum Gasteiger partial charge on any atom is -0.380 e. The smallest absolute Gasteiger partial charge is 0.0591 e. The number of nitrogens with one attached hydrogen (secondary N) is 1. The first-order valence-electron chi connectivity index (χ1n) is 5.47. The minimum atomic E-state index is 0.721. The van der Waals surface area contributed by atoms with E-state index in [4.69, 9.17) is 16.3 Å². The molecule has 0 spiro atoms. The van der Waals surface area contributed by atoms with Gasteiger partial charge in [-0.3, -0.25) is 0 Å². The number of benzene rings is 1. The van der Waals surface area contributed by atoms with Gasteiger partial charge >= 0.3 is 0 Å². The van der Waals surface area contributed by atoms with E-state index in [9.17, 15) is 0 Å². The first-order valence-corrected chi connectivity index (χ1v) is 5.85. The summed E-state index contributed by atoms with van der Waals surface area (Å²) >= 11 is 6.02. The van der Waals surface area contributed by atoms with Crippen molar-refractivity contribution in [2.75, 3.05) is 19.8 Å². The van der Waals surface area contributed by atoms with Crippen molar-refractivity contribution in [2.45, 2.75) is 13.0 Å². The number of hydrogen-bond acceptors (Lipinski definition) is 2. The van der Waals surface area contributed by atoms with Crippen molar-refractivity contribution in [1.29, 1.82) is 0 Å². The van der Waals surface area contributed by atoms with Gasteiger partial charge in [0.05, 0.1) is 13.2 Å². The summed E-state index contributed by atoms with van der Waals surface area (Å²) in [5.41, 5.74) is 1.12. The van der Waals surface area contributed by atoms with E-state index >= 15 is 0 Å². The molecule has 0 saturated carbocycles. The lowest BCUT2D eigenvalue weighted by Crippen LogP contribution is -2.19. The van der Waals surface area contributed by atoms with Gasteiger partial charge in [0.1, 0.15) is 0 Å². The summed E-state index contributed by atoms with van der Waals surface area (Å²) in [4.78, 5) is 0. The quantitative estimate of drug-likeness (QED) is 0.556. The molecule has 1 rings (SSSR count). The van der Waals surface area contributed by atoms with Crippen LogP contribution in [-0.4, -0.2) is 19.8 Å². The molecule has 0 atom stereocenters. The van der Waals surface area contributed by atoms with Crippen LogP contribution in [0.5, 0.6) is 0 Å². The van der Waals surface area contributed by atoms with Gasteiger partial charge in [-0.25, -0.2) is 0 Å². The molecule has 0 amide bonds. The van der Waals surface area contributed by atoms with E-state index in [1.54, 1.807) is 0 Å². The highest BCUT2D eigenvalue weighted by molar-refractivity contribution is 6.31. The first kappa shape index (κ1) is 13.2. The summed E-state index contributed by atoms with van der Waals surface area (Å²) in [7, 11) is 0. The van der Waals surface area contributed by atoms with Crippen LogP contribution in [0.25, 0.3) is 0 Å². The number of halogens is 1. The van der Waals surface area contributed by atoms with Crippen LogP contribution in [-0.2, 0) is 11.3 Å². The lowest BCUT2D eigenvalue weighted by atomic mass is 10.2. The van der Waals surface area contributed by atoms with Crippen molar-refractivity contribution in [2.24, 2.45) is 0 Å². The van der Waals surface area contributed by atoms with E-state index in [-0.39, 0.29) is 0 Å². The highest BCUT2D eigenvalue weighted by atomic mass is 35.5. The first-order chi connectivity index (χ1) is 7.84. The van der Waals surface area contributed by atoms with E-state index < -0.39 is 0 Å². The zero-order valence-electron chi connectivity index (χ0n) is 9.42. The SMILES string of the molecule is C=CCCOCCNCc1ccccc1Cl. The Morgan fingerprint density at radius 2 is 2.12 bits per heavy atom. The highest BCUT2D eigenvalue weighted by Gasteiger charge is 1.97. The predicted octanol–water partition coefficient (Wildman–Crippen LogP) is 3.02. The van der Waals surface area contributed by atoms with Gasteiger partial charge in [-0.1, -0.05) is 35.9 Å². The van der Waals surface area contributed by atoms with Crippen LogP contribution in [0, 0.1) is 0 Å². The van der Waals surface area contributed by atoms with Gasteiger partial charge in [0, 0.05) is 18.1 Å². The number of ether oxygens (including phenoxy) is 1. The van der Waals surface area contributed by atoms with Crippen molar-refractivity contribution in [3.8, 4) is 0 Å². The molecule has 0 bridgehead atoms. The molecular formula is C13H18ClNO. The van der Waals surface area contributed by atoms with Crippen LogP contribution in [0.15, 0.2) is 36.9 Å². The van der Waals surface area contributed by atoms with Crippen LogP contribution >= 0.6 is 11.6 Å². The Balaban J connectivity index is 2.07. The molecule has 0 radical (unpaired) electrons. The van der Waals surface area contributed by atoms with Crippen molar-refractivity contribution in [3.63, 3.8) is 0 Å². The molecule has 1 aromatic carbocycles. The second kappa shape index (κ2) is 8.34. The molecule has 3 heteroatoms. The van der Waals surface area contributed by atoms with E-state index in [1.165, 1.54) is 0 Å². The van der Waals surface area contributed by atoms with Gasteiger partial charge < -0.3 is 10.1 Å². The maximum absolute atomic E-state index is 6.02. The Hall–Kier alpha value is -0.830. The average Bonchev–Trinajstić information content (AvgIpc) is 2.30. The standard InChI is InChI=1S/C13H18ClNO/c1-2-3-9-16-10-8-15-11-12-6-4-5-7-13(12)14/h2,4-7,15H,1,3,8-11H2.